The van der Waals surface area contributed by atoms with E-state index in [-0.39, 0.29) is 62.7 Å². The Balaban J connectivity index is 1.20. The molecule has 4 saturated heterocycles. The third kappa shape index (κ3) is 5.17. The molecule has 10 nitrogen and oxygen atoms in total. The molecule has 49 heavy (non-hydrogen) atoms. The van der Waals surface area contributed by atoms with Gasteiger partial charge in [-0.2, -0.15) is 9.97 Å². The smallest absolute Gasteiger partial charge is 0.319 e. The largest absolute Gasteiger partial charge is 0.508 e. The second kappa shape index (κ2) is 11.7. The molecule has 4 aromatic rings. The van der Waals surface area contributed by atoms with E-state index in [9.17, 15) is 9.50 Å². The van der Waals surface area contributed by atoms with E-state index in [4.69, 9.17) is 25.6 Å². The van der Waals surface area contributed by atoms with E-state index in [1.807, 2.05) is 0 Å². The standard InChI is InChI=1S/C37H38F2N6O4/c1-2-26-29(38)6-5-22-13-24(46)14-27(30(22)26)32-31(39)33-28(16-40-32)34-42-35(41-33)49-21-37-8-3-10-45(37)18-25(15-37)48-12-4-11-47-20-36-9-7-23(43-36)17-44(34)19-36/h1,5-6,13-14,16,23,25,43,46H,3-4,7-12,15,17-21H2/t23-,25-,36+,37-/m1/s1. The number of phenols is 1. The van der Waals surface area contributed by atoms with Crippen LogP contribution in [0.4, 0.5) is 14.6 Å². The van der Waals surface area contributed by atoms with Gasteiger partial charge in [0.25, 0.3) is 0 Å². The zero-order chi connectivity index (χ0) is 33.3. The molecule has 0 saturated carbocycles. The van der Waals surface area contributed by atoms with Crippen LogP contribution in [0.5, 0.6) is 11.8 Å². The highest BCUT2D eigenvalue weighted by Crippen LogP contribution is 2.43. The summed E-state index contributed by atoms with van der Waals surface area (Å²) >= 11 is 0. The molecule has 5 aliphatic heterocycles. The second-order valence-electron chi connectivity index (χ2n) is 14.4. The molecule has 12 heteroatoms. The molecule has 0 unspecified atom stereocenters. The molecule has 2 aromatic carbocycles. The van der Waals surface area contributed by atoms with Crippen molar-refractivity contribution in [2.24, 2.45) is 0 Å². The Kier molecular flexibility index (Phi) is 7.39. The Hall–Kier alpha value is -4.15. The van der Waals surface area contributed by atoms with Crippen LogP contribution in [0.15, 0.2) is 30.5 Å². The van der Waals surface area contributed by atoms with Gasteiger partial charge in [0.1, 0.15) is 35.2 Å². The van der Waals surface area contributed by atoms with Crippen LogP contribution in [0.2, 0.25) is 0 Å². The number of nitrogens with zero attached hydrogens (tertiary/aromatic N) is 5. The van der Waals surface area contributed by atoms with E-state index < -0.39 is 11.6 Å². The average Bonchev–Trinajstić information content (AvgIpc) is 3.74. The summed E-state index contributed by atoms with van der Waals surface area (Å²) in [6.45, 7) is 5.27. The van der Waals surface area contributed by atoms with Gasteiger partial charge in [0, 0.05) is 56.0 Å². The Morgan fingerprint density at radius 2 is 2.00 bits per heavy atom. The van der Waals surface area contributed by atoms with E-state index in [2.05, 4.69) is 31.0 Å². The lowest BCUT2D eigenvalue weighted by Gasteiger charge is -2.42. The molecular weight excluding hydrogens is 630 g/mol. The van der Waals surface area contributed by atoms with E-state index in [0.717, 1.165) is 51.6 Å². The normalized spacial score (nSPS) is 28.7. The van der Waals surface area contributed by atoms with Gasteiger partial charge in [-0.3, -0.25) is 9.88 Å². The van der Waals surface area contributed by atoms with Gasteiger partial charge in [-0.25, -0.2) is 8.78 Å². The third-order valence-corrected chi connectivity index (χ3v) is 11.2. The van der Waals surface area contributed by atoms with Crippen LogP contribution in [-0.2, 0) is 9.47 Å². The Bertz CT molecular complexity index is 2020. The Labute approximate surface area is 282 Å². The highest BCUT2D eigenvalue weighted by molar-refractivity contribution is 6.03. The third-order valence-electron chi connectivity index (χ3n) is 11.2. The van der Waals surface area contributed by atoms with Crippen LogP contribution in [-0.4, -0.2) is 101 Å². The van der Waals surface area contributed by atoms with Gasteiger partial charge in [0.15, 0.2) is 5.82 Å². The topological polar surface area (TPSA) is 105 Å². The maximum Gasteiger partial charge on any atom is 0.319 e. The number of terminal acetylenes is 1. The number of aromatic nitrogens is 3. The minimum atomic E-state index is -0.734. The fourth-order valence-corrected chi connectivity index (χ4v) is 9.03. The lowest BCUT2D eigenvalue weighted by molar-refractivity contribution is 0.0239. The predicted octanol–water partition coefficient (Wildman–Crippen LogP) is 4.54. The van der Waals surface area contributed by atoms with Crippen LogP contribution in [0, 0.1) is 24.0 Å². The summed E-state index contributed by atoms with van der Waals surface area (Å²) in [5.74, 6) is 1.47. The number of hydrogen-bond donors (Lipinski definition) is 2. The van der Waals surface area contributed by atoms with Gasteiger partial charge in [-0.15, -0.1) is 6.42 Å². The molecule has 2 N–H and O–H groups in total. The van der Waals surface area contributed by atoms with Crippen molar-refractivity contribution in [3.05, 3.63) is 47.7 Å². The van der Waals surface area contributed by atoms with Crippen molar-refractivity contribution in [3.63, 3.8) is 0 Å². The van der Waals surface area contributed by atoms with Crippen molar-refractivity contribution in [2.75, 3.05) is 57.5 Å². The van der Waals surface area contributed by atoms with Crippen molar-refractivity contribution in [3.8, 4) is 35.4 Å². The summed E-state index contributed by atoms with van der Waals surface area (Å²) in [6.07, 6.45) is 13.1. The van der Waals surface area contributed by atoms with Gasteiger partial charge in [0.2, 0.25) is 0 Å². The molecule has 254 valence electrons. The number of ether oxygens (including phenoxy) is 3. The summed E-state index contributed by atoms with van der Waals surface area (Å²) in [5, 5.41) is 15.6. The SMILES string of the molecule is C#Cc1c(F)ccc2cc(O)cc(-c3ncc4c5nc(nc4c3F)OC[C@]34CCCN3C[C@@H](C4)OCCCOC[C@]34CC[C@H](CN5C3)N4)c12. The first-order valence-corrected chi connectivity index (χ1v) is 17.2. The molecule has 7 bridgehead atoms. The average molecular weight is 669 g/mol. The van der Waals surface area contributed by atoms with Crippen molar-refractivity contribution in [1.29, 1.82) is 0 Å². The van der Waals surface area contributed by atoms with E-state index in [1.54, 1.807) is 6.20 Å². The zero-order valence-electron chi connectivity index (χ0n) is 27.2. The number of rotatable bonds is 1. The first kappa shape index (κ1) is 30.9. The minimum Gasteiger partial charge on any atom is -0.508 e. The van der Waals surface area contributed by atoms with E-state index >= 15 is 4.39 Å². The number of piperazine rings is 1. The maximum absolute atomic E-state index is 17.0. The number of phenolic OH excluding ortho intramolecular Hbond substituents is 1. The van der Waals surface area contributed by atoms with Gasteiger partial charge in [-0.05, 0) is 68.7 Å². The van der Waals surface area contributed by atoms with Crippen LogP contribution >= 0.6 is 0 Å². The molecule has 7 heterocycles. The van der Waals surface area contributed by atoms with Crippen molar-refractivity contribution in [1.82, 2.24) is 25.2 Å². The number of fused-ring (bicyclic) bond motifs is 9. The summed E-state index contributed by atoms with van der Waals surface area (Å²) in [4.78, 5) is 18.8. The summed E-state index contributed by atoms with van der Waals surface area (Å²) in [5.41, 5.74) is -0.421. The second-order valence-corrected chi connectivity index (χ2v) is 14.4. The van der Waals surface area contributed by atoms with Crippen molar-refractivity contribution in [2.45, 2.75) is 61.7 Å². The fraction of sp³-hybridized carbons (Fsp3) is 0.486. The maximum atomic E-state index is 17.0. The Morgan fingerprint density at radius 1 is 1.08 bits per heavy atom. The molecule has 2 aromatic heterocycles. The number of halogens is 2. The summed E-state index contributed by atoms with van der Waals surface area (Å²) in [6, 6.07) is 5.86. The zero-order valence-corrected chi connectivity index (χ0v) is 27.2. The molecule has 5 aliphatic rings. The molecule has 2 spiro atoms. The fourth-order valence-electron chi connectivity index (χ4n) is 9.03. The van der Waals surface area contributed by atoms with Crippen LogP contribution in [0.3, 0.4) is 0 Å². The first-order valence-electron chi connectivity index (χ1n) is 17.2. The van der Waals surface area contributed by atoms with E-state index in [0.29, 0.717) is 56.1 Å². The number of benzene rings is 2. The molecule has 0 amide bonds. The molecular formula is C37H38F2N6O4. The van der Waals surface area contributed by atoms with Gasteiger partial charge in [-0.1, -0.05) is 12.0 Å². The first-order chi connectivity index (χ1) is 23.8. The van der Waals surface area contributed by atoms with Gasteiger partial charge in [0.05, 0.1) is 34.7 Å². The molecule has 4 atom stereocenters. The number of nitrogens with one attached hydrogen (secondary N) is 1. The highest BCUT2D eigenvalue weighted by atomic mass is 19.1. The monoisotopic (exact) mass is 668 g/mol. The minimum absolute atomic E-state index is 0.0302. The van der Waals surface area contributed by atoms with E-state index in [1.165, 1.54) is 24.3 Å². The van der Waals surface area contributed by atoms with Crippen LogP contribution in [0.1, 0.15) is 44.1 Å². The van der Waals surface area contributed by atoms with Gasteiger partial charge < -0.3 is 29.5 Å². The molecule has 4 fully saturated rings. The summed E-state index contributed by atoms with van der Waals surface area (Å²) < 4.78 is 51.0. The number of pyridine rings is 1. The lowest BCUT2D eigenvalue weighted by atomic mass is 9.94. The predicted molar refractivity (Wildman–Crippen MR) is 180 cm³/mol. The molecule has 9 rings (SSSR count). The molecule has 0 aliphatic carbocycles. The van der Waals surface area contributed by atoms with Crippen LogP contribution < -0.4 is 15.0 Å². The van der Waals surface area contributed by atoms with Crippen molar-refractivity contribution < 1.29 is 28.1 Å². The Morgan fingerprint density at radius 3 is 2.90 bits per heavy atom. The van der Waals surface area contributed by atoms with Crippen molar-refractivity contribution >= 4 is 27.5 Å². The quantitative estimate of drug-likeness (QED) is 0.281. The van der Waals surface area contributed by atoms with Crippen LogP contribution in [0.25, 0.3) is 32.9 Å². The highest BCUT2D eigenvalue weighted by Gasteiger charge is 2.50. The number of anilines is 1. The van der Waals surface area contributed by atoms with Gasteiger partial charge >= 0.3 is 6.01 Å². The molecule has 0 radical (unpaired) electrons. The summed E-state index contributed by atoms with van der Waals surface area (Å²) in [7, 11) is 0. The number of aromatic hydroxyl groups is 1. The lowest BCUT2D eigenvalue weighted by Crippen LogP contribution is -2.62. The number of hydrogen-bond acceptors (Lipinski definition) is 10.